The lowest BCUT2D eigenvalue weighted by atomic mass is 10.1. The Morgan fingerprint density at radius 2 is 2.09 bits per heavy atom. The molecule has 1 aliphatic heterocycles. The zero-order valence-electron chi connectivity index (χ0n) is 13.5. The van der Waals surface area contributed by atoms with Crippen LogP contribution in [0.25, 0.3) is 0 Å². The van der Waals surface area contributed by atoms with Gasteiger partial charge in [0.05, 0.1) is 5.92 Å². The van der Waals surface area contributed by atoms with Crippen LogP contribution in [0.15, 0.2) is 30.5 Å². The quantitative estimate of drug-likeness (QED) is 0.943. The first-order valence-electron chi connectivity index (χ1n) is 7.63. The van der Waals surface area contributed by atoms with E-state index >= 15 is 0 Å². The molecule has 23 heavy (non-hydrogen) atoms. The second kappa shape index (κ2) is 5.87. The average molecular weight is 312 g/mol. The third-order valence-electron chi connectivity index (χ3n) is 4.33. The zero-order valence-corrected chi connectivity index (χ0v) is 13.5. The lowest BCUT2D eigenvalue weighted by molar-refractivity contribution is -0.122. The summed E-state index contributed by atoms with van der Waals surface area (Å²) in [5.74, 6) is -0.0238. The minimum Gasteiger partial charge on any atom is -0.311 e. The highest BCUT2D eigenvalue weighted by Gasteiger charge is 2.35. The van der Waals surface area contributed by atoms with Crippen LogP contribution in [0.5, 0.6) is 0 Å². The van der Waals surface area contributed by atoms with Crippen molar-refractivity contribution in [3.05, 3.63) is 41.6 Å². The maximum absolute atomic E-state index is 12.4. The molecule has 0 aliphatic carbocycles. The number of nitrogens with zero attached hydrogens (tertiary/aromatic N) is 3. The largest absolute Gasteiger partial charge is 0.311 e. The van der Waals surface area contributed by atoms with Crippen LogP contribution in [-0.2, 0) is 16.6 Å². The molecule has 1 N–H and O–H groups in total. The molecular formula is C17H20N4O2. The molecule has 2 amide bonds. The molecule has 1 aromatic carbocycles. The first-order valence-corrected chi connectivity index (χ1v) is 7.63. The number of hydrogen-bond donors (Lipinski definition) is 1. The van der Waals surface area contributed by atoms with Crippen molar-refractivity contribution in [1.29, 1.82) is 0 Å². The third kappa shape index (κ3) is 2.97. The van der Waals surface area contributed by atoms with Gasteiger partial charge in [0.15, 0.2) is 5.82 Å². The Kier molecular flexibility index (Phi) is 3.90. The second-order valence-corrected chi connectivity index (χ2v) is 5.99. The SMILES string of the molecule is Cc1cccc(N2C[C@H](C(=O)Nc3ccn(C)n3)CC2=O)c1C. The molecular weight excluding hydrogens is 292 g/mol. The molecule has 6 heteroatoms. The Balaban J connectivity index is 1.74. The molecule has 3 rings (SSSR count). The smallest absolute Gasteiger partial charge is 0.231 e. The van der Waals surface area contributed by atoms with E-state index in [1.807, 2.05) is 32.0 Å². The summed E-state index contributed by atoms with van der Waals surface area (Å²) in [7, 11) is 1.79. The van der Waals surface area contributed by atoms with Crippen LogP contribution >= 0.6 is 0 Å². The molecule has 0 bridgehead atoms. The van der Waals surface area contributed by atoms with Gasteiger partial charge in [-0.3, -0.25) is 14.3 Å². The van der Waals surface area contributed by atoms with Gasteiger partial charge < -0.3 is 10.2 Å². The lowest BCUT2D eigenvalue weighted by Crippen LogP contribution is -2.28. The van der Waals surface area contributed by atoms with E-state index in [9.17, 15) is 9.59 Å². The molecule has 2 aromatic rings. The summed E-state index contributed by atoms with van der Waals surface area (Å²) in [6.45, 7) is 4.42. The van der Waals surface area contributed by atoms with Crippen LogP contribution in [0.3, 0.4) is 0 Å². The Labute approximate surface area is 135 Å². The predicted molar refractivity (Wildman–Crippen MR) is 88.2 cm³/mol. The topological polar surface area (TPSA) is 67.2 Å². The molecule has 0 spiro atoms. The van der Waals surface area contributed by atoms with Crippen LogP contribution in [0, 0.1) is 19.8 Å². The Bertz CT molecular complexity index is 766. The summed E-state index contributed by atoms with van der Waals surface area (Å²) in [6.07, 6.45) is 1.99. The average Bonchev–Trinajstić information content (AvgIpc) is 3.08. The highest BCUT2D eigenvalue weighted by Crippen LogP contribution is 2.29. The first kappa shape index (κ1) is 15.3. The van der Waals surface area contributed by atoms with Crippen molar-refractivity contribution in [2.45, 2.75) is 20.3 Å². The molecule has 0 unspecified atom stereocenters. The van der Waals surface area contributed by atoms with E-state index < -0.39 is 0 Å². The molecule has 0 saturated carbocycles. The minimum absolute atomic E-state index is 0.0140. The number of carbonyl (C=O) groups is 2. The number of nitrogens with one attached hydrogen (secondary N) is 1. The molecule has 1 aliphatic rings. The fourth-order valence-electron chi connectivity index (χ4n) is 2.85. The molecule has 1 atom stereocenters. The van der Waals surface area contributed by atoms with Crippen molar-refractivity contribution in [2.75, 3.05) is 16.8 Å². The molecule has 6 nitrogen and oxygen atoms in total. The van der Waals surface area contributed by atoms with Crippen LogP contribution in [0.4, 0.5) is 11.5 Å². The van der Waals surface area contributed by atoms with E-state index in [1.54, 1.807) is 28.9 Å². The number of benzene rings is 1. The highest BCUT2D eigenvalue weighted by molar-refractivity contribution is 6.03. The van der Waals surface area contributed by atoms with Gasteiger partial charge >= 0.3 is 0 Å². The summed E-state index contributed by atoms with van der Waals surface area (Å²) in [6, 6.07) is 7.62. The fourth-order valence-corrected chi connectivity index (χ4v) is 2.85. The number of carbonyl (C=O) groups excluding carboxylic acids is 2. The number of rotatable bonds is 3. The number of amides is 2. The molecule has 120 valence electrons. The lowest BCUT2D eigenvalue weighted by Gasteiger charge is -2.20. The second-order valence-electron chi connectivity index (χ2n) is 5.99. The molecule has 1 fully saturated rings. The maximum atomic E-state index is 12.4. The molecule has 1 saturated heterocycles. The van der Waals surface area contributed by atoms with E-state index in [0.717, 1.165) is 16.8 Å². The summed E-state index contributed by atoms with van der Waals surface area (Å²) in [4.78, 5) is 26.4. The van der Waals surface area contributed by atoms with Gasteiger partial charge in [-0.25, -0.2) is 0 Å². The number of aryl methyl sites for hydroxylation is 2. The van der Waals surface area contributed by atoms with Gasteiger partial charge in [0, 0.05) is 38.0 Å². The van der Waals surface area contributed by atoms with Gasteiger partial charge in [0.2, 0.25) is 11.8 Å². The minimum atomic E-state index is -0.357. The van der Waals surface area contributed by atoms with E-state index in [-0.39, 0.29) is 24.2 Å². The van der Waals surface area contributed by atoms with Crippen molar-refractivity contribution in [3.63, 3.8) is 0 Å². The first-order chi connectivity index (χ1) is 11.0. The number of hydrogen-bond acceptors (Lipinski definition) is 3. The van der Waals surface area contributed by atoms with E-state index in [0.29, 0.717) is 12.4 Å². The third-order valence-corrected chi connectivity index (χ3v) is 4.33. The van der Waals surface area contributed by atoms with E-state index in [4.69, 9.17) is 0 Å². The van der Waals surface area contributed by atoms with Crippen molar-refractivity contribution in [2.24, 2.45) is 13.0 Å². The fraction of sp³-hybridized carbons (Fsp3) is 0.353. The molecule has 1 aromatic heterocycles. The number of aromatic nitrogens is 2. The van der Waals surface area contributed by atoms with Crippen molar-refractivity contribution < 1.29 is 9.59 Å². The molecule has 0 radical (unpaired) electrons. The van der Waals surface area contributed by atoms with Crippen molar-refractivity contribution in [3.8, 4) is 0 Å². The van der Waals surface area contributed by atoms with Crippen LogP contribution in [0.1, 0.15) is 17.5 Å². The highest BCUT2D eigenvalue weighted by atomic mass is 16.2. The zero-order chi connectivity index (χ0) is 16.6. The Hall–Kier alpha value is -2.63. The Morgan fingerprint density at radius 3 is 2.78 bits per heavy atom. The van der Waals surface area contributed by atoms with Gasteiger partial charge in [-0.05, 0) is 31.0 Å². The van der Waals surface area contributed by atoms with E-state index in [1.165, 1.54) is 0 Å². The van der Waals surface area contributed by atoms with Crippen molar-refractivity contribution in [1.82, 2.24) is 9.78 Å². The van der Waals surface area contributed by atoms with Crippen LogP contribution < -0.4 is 10.2 Å². The van der Waals surface area contributed by atoms with Gasteiger partial charge in [0.1, 0.15) is 0 Å². The van der Waals surface area contributed by atoms with E-state index in [2.05, 4.69) is 10.4 Å². The summed E-state index contributed by atoms with van der Waals surface area (Å²) in [5, 5.41) is 6.90. The van der Waals surface area contributed by atoms with Crippen molar-refractivity contribution >= 4 is 23.3 Å². The number of anilines is 2. The van der Waals surface area contributed by atoms with Gasteiger partial charge in [-0.15, -0.1) is 0 Å². The normalized spacial score (nSPS) is 17.6. The van der Waals surface area contributed by atoms with Crippen LogP contribution in [-0.4, -0.2) is 28.1 Å². The monoisotopic (exact) mass is 312 g/mol. The summed E-state index contributed by atoms with van der Waals surface area (Å²) >= 11 is 0. The summed E-state index contributed by atoms with van der Waals surface area (Å²) < 4.78 is 1.62. The van der Waals surface area contributed by atoms with Gasteiger partial charge in [0.25, 0.3) is 0 Å². The summed E-state index contributed by atoms with van der Waals surface area (Å²) in [5.41, 5.74) is 3.10. The van der Waals surface area contributed by atoms with Gasteiger partial charge in [-0.1, -0.05) is 12.1 Å². The van der Waals surface area contributed by atoms with Crippen LogP contribution in [0.2, 0.25) is 0 Å². The van der Waals surface area contributed by atoms with Gasteiger partial charge in [-0.2, -0.15) is 5.10 Å². The Morgan fingerprint density at radius 1 is 1.30 bits per heavy atom. The molecule has 2 heterocycles. The standard InChI is InChI=1S/C17H20N4O2/c1-11-5-4-6-14(12(11)2)21-10-13(9-16(21)22)17(23)18-15-7-8-20(3)19-15/h4-8,13H,9-10H2,1-3H3,(H,18,19,23)/t13-/m1/s1. The maximum Gasteiger partial charge on any atom is 0.231 e. The predicted octanol–water partition coefficient (Wildman–Crippen LogP) is 2.03.